The fraction of sp³-hybridized carbons (Fsp3) is 0.500. The molecule has 0 unspecified atom stereocenters. The van der Waals surface area contributed by atoms with Crippen LogP contribution in [0, 0.1) is 0 Å². The fourth-order valence-corrected chi connectivity index (χ4v) is 1.11. The van der Waals surface area contributed by atoms with Gasteiger partial charge in [0.2, 0.25) is 0 Å². The van der Waals surface area contributed by atoms with E-state index in [1.54, 1.807) is 19.2 Å². The molecule has 7 heteroatoms. The number of hydrogen-bond donors (Lipinski definition) is 3. The summed E-state index contributed by atoms with van der Waals surface area (Å²) in [5.41, 5.74) is 5.56. The lowest BCUT2D eigenvalue weighted by Gasteiger charge is -2.05. The Morgan fingerprint density at radius 2 is 2.24 bits per heavy atom. The topological polar surface area (TPSA) is 102 Å². The molecule has 1 aromatic rings. The van der Waals surface area contributed by atoms with Gasteiger partial charge in [-0.05, 0) is 12.1 Å². The summed E-state index contributed by atoms with van der Waals surface area (Å²) in [7, 11) is 1.55. The predicted molar refractivity (Wildman–Crippen MR) is 63.8 cm³/mol. The number of carbonyl (C=O) groups is 1. The van der Waals surface area contributed by atoms with Crippen LogP contribution in [0.4, 0.5) is 5.82 Å². The SMILES string of the molecule is CNC(=O)c1ccc(NCCOCCN)nn1. The Bertz CT molecular complexity index is 341. The Hall–Kier alpha value is -1.73. The maximum atomic E-state index is 11.2. The summed E-state index contributed by atoms with van der Waals surface area (Å²) in [5.74, 6) is 0.351. The van der Waals surface area contributed by atoms with Gasteiger partial charge in [-0.1, -0.05) is 0 Å². The van der Waals surface area contributed by atoms with E-state index < -0.39 is 0 Å². The number of nitrogens with zero attached hydrogens (tertiary/aromatic N) is 2. The summed E-state index contributed by atoms with van der Waals surface area (Å²) in [5, 5.41) is 13.1. The maximum Gasteiger partial charge on any atom is 0.271 e. The fourth-order valence-electron chi connectivity index (χ4n) is 1.11. The van der Waals surface area contributed by atoms with Crippen LogP contribution in [-0.4, -0.2) is 49.5 Å². The molecule has 1 heterocycles. The van der Waals surface area contributed by atoms with Crippen LogP contribution in [0.15, 0.2) is 12.1 Å². The van der Waals surface area contributed by atoms with Crippen LogP contribution >= 0.6 is 0 Å². The van der Waals surface area contributed by atoms with Crippen LogP contribution in [0.5, 0.6) is 0 Å². The second-order valence-corrected chi connectivity index (χ2v) is 3.21. The van der Waals surface area contributed by atoms with E-state index in [-0.39, 0.29) is 11.6 Å². The van der Waals surface area contributed by atoms with Crippen LogP contribution in [0.2, 0.25) is 0 Å². The molecule has 0 saturated heterocycles. The van der Waals surface area contributed by atoms with Crippen LogP contribution < -0.4 is 16.4 Å². The van der Waals surface area contributed by atoms with Crippen molar-refractivity contribution < 1.29 is 9.53 Å². The summed E-state index contributed by atoms with van der Waals surface area (Å²) in [4.78, 5) is 11.2. The third-order valence-electron chi connectivity index (χ3n) is 1.94. The van der Waals surface area contributed by atoms with E-state index in [0.717, 1.165) is 0 Å². The molecule has 0 aliphatic heterocycles. The predicted octanol–water partition coefficient (Wildman–Crippen LogP) is -0.777. The van der Waals surface area contributed by atoms with Crippen molar-refractivity contribution in [2.75, 3.05) is 38.7 Å². The van der Waals surface area contributed by atoms with Gasteiger partial charge in [-0.15, -0.1) is 10.2 Å². The van der Waals surface area contributed by atoms with E-state index in [9.17, 15) is 4.79 Å². The Kier molecular flexibility index (Phi) is 5.91. The molecule has 94 valence electrons. The Morgan fingerprint density at radius 1 is 1.41 bits per heavy atom. The van der Waals surface area contributed by atoms with E-state index in [4.69, 9.17) is 10.5 Å². The summed E-state index contributed by atoms with van der Waals surface area (Å²) < 4.78 is 5.18. The van der Waals surface area contributed by atoms with Crippen LogP contribution in [0.3, 0.4) is 0 Å². The molecule has 0 fully saturated rings. The Labute approximate surface area is 99.7 Å². The molecular weight excluding hydrogens is 222 g/mol. The van der Waals surface area contributed by atoms with Crippen molar-refractivity contribution in [1.29, 1.82) is 0 Å². The zero-order chi connectivity index (χ0) is 12.5. The molecule has 0 atom stereocenters. The molecule has 7 nitrogen and oxygen atoms in total. The molecule has 0 bridgehead atoms. The van der Waals surface area contributed by atoms with Gasteiger partial charge in [-0.25, -0.2) is 0 Å². The largest absolute Gasteiger partial charge is 0.378 e. The Balaban J connectivity index is 2.33. The highest BCUT2D eigenvalue weighted by Crippen LogP contribution is 2.01. The molecule has 4 N–H and O–H groups in total. The average Bonchev–Trinajstić information content (AvgIpc) is 2.38. The molecular formula is C10H17N5O2. The number of hydrogen-bond acceptors (Lipinski definition) is 6. The number of carbonyl (C=O) groups excluding carboxylic acids is 1. The van der Waals surface area contributed by atoms with Gasteiger partial charge in [-0.3, -0.25) is 4.79 Å². The van der Waals surface area contributed by atoms with Gasteiger partial charge in [0, 0.05) is 20.1 Å². The minimum atomic E-state index is -0.254. The molecule has 0 aliphatic carbocycles. The summed E-state index contributed by atoms with van der Waals surface area (Å²) in [6.45, 7) is 2.23. The molecule has 0 saturated carbocycles. The molecule has 1 rings (SSSR count). The standard InChI is InChI=1S/C10H17N5O2/c1-12-10(16)8-2-3-9(15-14-8)13-5-7-17-6-4-11/h2-3H,4-7,11H2,1H3,(H,12,16)(H,13,15). The third kappa shape index (κ3) is 4.75. The van der Waals surface area contributed by atoms with Gasteiger partial charge >= 0.3 is 0 Å². The lowest BCUT2D eigenvalue weighted by Crippen LogP contribution is -2.20. The van der Waals surface area contributed by atoms with Crippen molar-refractivity contribution in [2.45, 2.75) is 0 Å². The number of nitrogens with two attached hydrogens (primary N) is 1. The molecule has 0 radical (unpaired) electrons. The number of ether oxygens (including phenoxy) is 1. The van der Waals surface area contributed by atoms with E-state index in [0.29, 0.717) is 32.1 Å². The minimum absolute atomic E-state index is 0.254. The summed E-state index contributed by atoms with van der Waals surface area (Å²) in [6, 6.07) is 3.30. The first-order chi connectivity index (χ1) is 8.27. The van der Waals surface area contributed by atoms with E-state index in [1.807, 2.05) is 0 Å². The van der Waals surface area contributed by atoms with Crippen LogP contribution in [0.25, 0.3) is 0 Å². The summed E-state index contributed by atoms with van der Waals surface area (Å²) >= 11 is 0. The highest BCUT2D eigenvalue weighted by atomic mass is 16.5. The highest BCUT2D eigenvalue weighted by Gasteiger charge is 2.04. The van der Waals surface area contributed by atoms with Crippen molar-refractivity contribution in [1.82, 2.24) is 15.5 Å². The third-order valence-corrected chi connectivity index (χ3v) is 1.94. The van der Waals surface area contributed by atoms with Crippen molar-refractivity contribution in [3.05, 3.63) is 17.8 Å². The molecule has 0 spiro atoms. The lowest BCUT2D eigenvalue weighted by molar-refractivity contribution is 0.0957. The number of aromatic nitrogens is 2. The van der Waals surface area contributed by atoms with Gasteiger partial charge in [0.1, 0.15) is 5.82 Å². The molecule has 1 amide bonds. The first-order valence-corrected chi connectivity index (χ1v) is 5.35. The second-order valence-electron chi connectivity index (χ2n) is 3.21. The first-order valence-electron chi connectivity index (χ1n) is 5.35. The van der Waals surface area contributed by atoms with Crippen LogP contribution in [-0.2, 0) is 4.74 Å². The van der Waals surface area contributed by atoms with Crippen LogP contribution in [0.1, 0.15) is 10.5 Å². The highest BCUT2D eigenvalue weighted by molar-refractivity contribution is 5.91. The van der Waals surface area contributed by atoms with E-state index in [2.05, 4.69) is 20.8 Å². The van der Waals surface area contributed by atoms with Gasteiger partial charge in [0.05, 0.1) is 13.2 Å². The first kappa shape index (κ1) is 13.3. The smallest absolute Gasteiger partial charge is 0.271 e. The van der Waals surface area contributed by atoms with E-state index in [1.165, 1.54) is 0 Å². The monoisotopic (exact) mass is 239 g/mol. The van der Waals surface area contributed by atoms with Crippen molar-refractivity contribution in [2.24, 2.45) is 5.73 Å². The quantitative estimate of drug-likeness (QED) is 0.540. The summed E-state index contributed by atoms with van der Waals surface area (Å²) in [6.07, 6.45) is 0. The van der Waals surface area contributed by atoms with Gasteiger partial charge in [-0.2, -0.15) is 0 Å². The Morgan fingerprint density at radius 3 is 2.82 bits per heavy atom. The van der Waals surface area contributed by atoms with Crippen molar-refractivity contribution in [3.8, 4) is 0 Å². The zero-order valence-corrected chi connectivity index (χ0v) is 9.77. The number of amides is 1. The lowest BCUT2D eigenvalue weighted by atomic mass is 10.3. The maximum absolute atomic E-state index is 11.2. The molecule has 0 aromatic carbocycles. The second kappa shape index (κ2) is 7.53. The van der Waals surface area contributed by atoms with Gasteiger partial charge < -0.3 is 21.1 Å². The zero-order valence-electron chi connectivity index (χ0n) is 9.77. The number of rotatable bonds is 7. The average molecular weight is 239 g/mol. The van der Waals surface area contributed by atoms with E-state index >= 15 is 0 Å². The minimum Gasteiger partial charge on any atom is -0.378 e. The van der Waals surface area contributed by atoms with Crippen molar-refractivity contribution >= 4 is 11.7 Å². The number of anilines is 1. The number of nitrogens with one attached hydrogen (secondary N) is 2. The molecule has 17 heavy (non-hydrogen) atoms. The molecule has 1 aromatic heterocycles. The van der Waals surface area contributed by atoms with Gasteiger partial charge in [0.15, 0.2) is 5.69 Å². The van der Waals surface area contributed by atoms with Gasteiger partial charge in [0.25, 0.3) is 5.91 Å². The molecule has 0 aliphatic rings. The normalized spacial score (nSPS) is 10.0. The van der Waals surface area contributed by atoms with Crippen molar-refractivity contribution in [3.63, 3.8) is 0 Å².